The maximum absolute atomic E-state index is 12.8. The van der Waals surface area contributed by atoms with Crippen molar-refractivity contribution in [2.24, 2.45) is 0 Å². The van der Waals surface area contributed by atoms with Crippen molar-refractivity contribution in [3.8, 4) is 6.07 Å². The standard InChI is InChI=1S/C8H3BrFNO/c9-6-2-1-5(3-7(6)10)8(12)4-11/h1-3H. The average molecular weight is 228 g/mol. The number of nitrogens with zero attached hydrogens (tertiary/aromatic N) is 1. The van der Waals surface area contributed by atoms with Crippen molar-refractivity contribution < 1.29 is 9.18 Å². The Morgan fingerprint density at radius 3 is 2.75 bits per heavy atom. The lowest BCUT2D eigenvalue weighted by molar-refractivity contribution is 0.105. The van der Waals surface area contributed by atoms with E-state index in [1.54, 1.807) is 0 Å². The van der Waals surface area contributed by atoms with Gasteiger partial charge in [-0.3, -0.25) is 4.79 Å². The van der Waals surface area contributed by atoms with Gasteiger partial charge in [0, 0.05) is 5.56 Å². The molecule has 0 saturated carbocycles. The Balaban J connectivity index is 3.15. The molecule has 60 valence electrons. The number of rotatable bonds is 1. The van der Waals surface area contributed by atoms with Crippen LogP contribution in [0.15, 0.2) is 22.7 Å². The summed E-state index contributed by atoms with van der Waals surface area (Å²) in [4.78, 5) is 10.7. The summed E-state index contributed by atoms with van der Waals surface area (Å²) in [7, 11) is 0. The number of hydrogen-bond donors (Lipinski definition) is 0. The Bertz CT molecular complexity index is 370. The van der Waals surface area contributed by atoms with E-state index in [2.05, 4.69) is 15.9 Å². The van der Waals surface area contributed by atoms with Gasteiger partial charge in [0.25, 0.3) is 5.78 Å². The van der Waals surface area contributed by atoms with Crippen molar-refractivity contribution in [3.05, 3.63) is 34.1 Å². The molecule has 0 aromatic heterocycles. The molecule has 4 heteroatoms. The smallest absolute Gasteiger partial charge is 0.262 e. The number of hydrogen-bond acceptors (Lipinski definition) is 2. The van der Waals surface area contributed by atoms with Gasteiger partial charge < -0.3 is 0 Å². The lowest BCUT2D eigenvalue weighted by Crippen LogP contribution is -1.94. The van der Waals surface area contributed by atoms with Crippen LogP contribution in [0, 0.1) is 17.1 Å². The van der Waals surface area contributed by atoms with Gasteiger partial charge in [0.1, 0.15) is 11.9 Å². The van der Waals surface area contributed by atoms with Gasteiger partial charge in [-0.05, 0) is 34.1 Å². The van der Waals surface area contributed by atoms with E-state index in [1.165, 1.54) is 18.2 Å². The van der Waals surface area contributed by atoms with E-state index in [9.17, 15) is 9.18 Å². The highest BCUT2D eigenvalue weighted by atomic mass is 79.9. The van der Waals surface area contributed by atoms with Crippen LogP contribution in [-0.4, -0.2) is 5.78 Å². The van der Waals surface area contributed by atoms with Gasteiger partial charge >= 0.3 is 0 Å². The summed E-state index contributed by atoms with van der Waals surface area (Å²) in [6.45, 7) is 0. The monoisotopic (exact) mass is 227 g/mol. The molecule has 0 N–H and O–H groups in total. The number of halogens is 2. The molecule has 1 aromatic rings. The molecule has 0 fully saturated rings. The molecule has 0 saturated heterocycles. The zero-order valence-electron chi connectivity index (χ0n) is 5.84. The third kappa shape index (κ3) is 1.69. The zero-order chi connectivity index (χ0) is 9.14. The van der Waals surface area contributed by atoms with E-state index in [0.717, 1.165) is 6.07 Å². The van der Waals surface area contributed by atoms with Crippen LogP contribution in [0.1, 0.15) is 10.4 Å². The molecule has 1 aromatic carbocycles. The fourth-order valence-electron chi connectivity index (χ4n) is 0.702. The second-order valence-electron chi connectivity index (χ2n) is 2.07. The molecular weight excluding hydrogens is 225 g/mol. The molecule has 0 aliphatic rings. The molecule has 0 spiro atoms. The van der Waals surface area contributed by atoms with E-state index in [4.69, 9.17) is 5.26 Å². The summed E-state index contributed by atoms with van der Waals surface area (Å²) in [6.07, 6.45) is 0. The van der Waals surface area contributed by atoms with Crippen molar-refractivity contribution >= 4 is 21.7 Å². The second kappa shape index (κ2) is 3.46. The van der Waals surface area contributed by atoms with Gasteiger partial charge in [-0.25, -0.2) is 4.39 Å². The van der Waals surface area contributed by atoms with Crippen LogP contribution in [0.2, 0.25) is 0 Å². The molecule has 0 radical (unpaired) electrons. The van der Waals surface area contributed by atoms with Crippen LogP contribution in [-0.2, 0) is 0 Å². The number of benzene rings is 1. The van der Waals surface area contributed by atoms with E-state index >= 15 is 0 Å². The van der Waals surface area contributed by atoms with Crippen molar-refractivity contribution in [2.45, 2.75) is 0 Å². The van der Waals surface area contributed by atoms with Gasteiger partial charge in [0.2, 0.25) is 0 Å². The highest BCUT2D eigenvalue weighted by molar-refractivity contribution is 9.10. The zero-order valence-corrected chi connectivity index (χ0v) is 7.43. The summed E-state index contributed by atoms with van der Waals surface area (Å²) in [5.74, 6) is -1.28. The average Bonchev–Trinajstić information content (AvgIpc) is 2.08. The predicted molar refractivity (Wildman–Crippen MR) is 44.0 cm³/mol. The fraction of sp³-hybridized carbons (Fsp3) is 0. The maximum atomic E-state index is 12.8. The van der Waals surface area contributed by atoms with Gasteiger partial charge in [-0.1, -0.05) is 0 Å². The normalized spacial score (nSPS) is 9.08. The minimum absolute atomic E-state index is 0.0678. The Morgan fingerprint density at radius 2 is 2.25 bits per heavy atom. The number of carbonyl (C=O) groups is 1. The number of carbonyl (C=O) groups excluding carboxylic acids is 1. The summed E-state index contributed by atoms with van der Waals surface area (Å²) >= 11 is 2.93. The van der Waals surface area contributed by atoms with Gasteiger partial charge in [0.15, 0.2) is 0 Å². The molecule has 2 nitrogen and oxygen atoms in total. The fourth-order valence-corrected chi connectivity index (χ4v) is 0.949. The third-order valence-electron chi connectivity index (χ3n) is 1.28. The Morgan fingerprint density at radius 1 is 1.58 bits per heavy atom. The molecular formula is C8H3BrFNO. The van der Waals surface area contributed by atoms with Crippen LogP contribution in [0.4, 0.5) is 4.39 Å². The first-order valence-electron chi connectivity index (χ1n) is 3.04. The number of nitriles is 1. The molecule has 0 unspecified atom stereocenters. The van der Waals surface area contributed by atoms with Gasteiger partial charge in [-0.15, -0.1) is 0 Å². The topological polar surface area (TPSA) is 40.9 Å². The van der Waals surface area contributed by atoms with Crippen molar-refractivity contribution in [1.82, 2.24) is 0 Å². The molecule has 0 heterocycles. The van der Waals surface area contributed by atoms with E-state index < -0.39 is 11.6 Å². The Kier molecular flexibility index (Phi) is 2.56. The molecule has 0 bridgehead atoms. The van der Waals surface area contributed by atoms with Crippen LogP contribution >= 0.6 is 15.9 Å². The third-order valence-corrected chi connectivity index (χ3v) is 1.93. The summed E-state index contributed by atoms with van der Waals surface area (Å²) in [6, 6.07) is 5.21. The first kappa shape index (κ1) is 8.88. The first-order valence-corrected chi connectivity index (χ1v) is 3.84. The molecule has 1 rings (SSSR count). The van der Waals surface area contributed by atoms with Crippen molar-refractivity contribution in [2.75, 3.05) is 0 Å². The van der Waals surface area contributed by atoms with Crippen molar-refractivity contribution in [3.63, 3.8) is 0 Å². The van der Waals surface area contributed by atoms with Crippen LogP contribution in [0.3, 0.4) is 0 Å². The minimum atomic E-state index is -0.735. The maximum Gasteiger partial charge on any atom is 0.262 e. The van der Waals surface area contributed by atoms with Crippen LogP contribution in [0.5, 0.6) is 0 Å². The second-order valence-corrected chi connectivity index (χ2v) is 2.92. The van der Waals surface area contributed by atoms with Gasteiger partial charge in [-0.2, -0.15) is 5.26 Å². The highest BCUT2D eigenvalue weighted by Gasteiger charge is 2.06. The highest BCUT2D eigenvalue weighted by Crippen LogP contribution is 2.16. The summed E-state index contributed by atoms with van der Waals surface area (Å²) in [5, 5.41) is 8.21. The van der Waals surface area contributed by atoms with Crippen molar-refractivity contribution in [1.29, 1.82) is 5.26 Å². The summed E-state index contributed by atoms with van der Waals surface area (Å²) < 4.78 is 13.0. The molecule has 0 aliphatic carbocycles. The van der Waals surface area contributed by atoms with E-state index in [0.29, 0.717) is 0 Å². The SMILES string of the molecule is N#CC(=O)c1ccc(Br)c(F)c1. The molecule has 0 aliphatic heterocycles. The Hall–Kier alpha value is -1.21. The lowest BCUT2D eigenvalue weighted by Gasteiger charge is -1.95. The predicted octanol–water partition coefficient (Wildman–Crippen LogP) is 2.29. The largest absolute Gasteiger partial charge is 0.277 e. The summed E-state index contributed by atoms with van der Waals surface area (Å²) in [5.41, 5.74) is 0.0678. The quantitative estimate of drug-likeness (QED) is 0.546. The van der Waals surface area contributed by atoms with E-state index in [-0.39, 0.29) is 10.0 Å². The Labute approximate surface area is 76.7 Å². The number of Topliss-reactive ketones (excluding diaryl/α,β-unsaturated/α-hetero) is 1. The molecule has 0 amide bonds. The molecule has 12 heavy (non-hydrogen) atoms. The van der Waals surface area contributed by atoms with Crippen LogP contribution in [0.25, 0.3) is 0 Å². The van der Waals surface area contributed by atoms with Crippen LogP contribution < -0.4 is 0 Å². The lowest BCUT2D eigenvalue weighted by atomic mass is 10.1. The minimum Gasteiger partial charge on any atom is -0.277 e. The molecule has 0 atom stereocenters. The van der Waals surface area contributed by atoms with Gasteiger partial charge in [0.05, 0.1) is 4.47 Å². The first-order chi connectivity index (χ1) is 5.65. The number of ketones is 1. The van der Waals surface area contributed by atoms with E-state index in [1.807, 2.05) is 0 Å².